The Morgan fingerprint density at radius 2 is 2.06 bits per heavy atom. The third-order valence-corrected chi connectivity index (χ3v) is 2.71. The van der Waals surface area contributed by atoms with Gasteiger partial charge in [-0.05, 0) is 37.6 Å². The molecule has 5 heteroatoms. The van der Waals surface area contributed by atoms with Gasteiger partial charge in [0, 0.05) is 12.0 Å². The van der Waals surface area contributed by atoms with Crippen molar-refractivity contribution in [1.82, 2.24) is 9.97 Å². The number of nitrogens with one attached hydrogen (secondary N) is 1. The number of aromatic nitrogens is 2. The van der Waals surface area contributed by atoms with Crippen LogP contribution in [0.15, 0.2) is 24.4 Å². The lowest BCUT2D eigenvalue weighted by atomic mass is 10.1. The number of hydrogen-bond acceptors (Lipinski definition) is 2. The fourth-order valence-electron chi connectivity index (χ4n) is 1.77. The molecule has 96 valence electrons. The molecule has 0 aliphatic rings. The second-order valence-corrected chi connectivity index (χ2v) is 4.11. The van der Waals surface area contributed by atoms with Crippen LogP contribution < -0.4 is 5.73 Å². The highest BCUT2D eigenvalue weighted by molar-refractivity contribution is 5.59. The molecule has 0 bridgehead atoms. The van der Waals surface area contributed by atoms with E-state index in [1.54, 1.807) is 0 Å². The smallest absolute Gasteiger partial charge is 0.132 e. The molecule has 2 rings (SSSR count). The lowest BCUT2D eigenvalue weighted by Crippen LogP contribution is -1.99. The standard InChI is InChI=1S/C13H15F2N3/c14-9-4-5-11(15)10(7-9)12-8-17-13(18-12)3-1-2-6-16/h4-5,7-8H,1-3,6,16H2,(H,17,18). The molecular weight excluding hydrogens is 236 g/mol. The number of benzene rings is 1. The monoisotopic (exact) mass is 251 g/mol. The van der Waals surface area contributed by atoms with Gasteiger partial charge in [0.1, 0.15) is 17.5 Å². The van der Waals surface area contributed by atoms with E-state index in [0.29, 0.717) is 12.2 Å². The van der Waals surface area contributed by atoms with Crippen LogP contribution in [-0.2, 0) is 6.42 Å². The van der Waals surface area contributed by atoms with E-state index >= 15 is 0 Å². The molecule has 2 aromatic rings. The van der Waals surface area contributed by atoms with Crippen LogP contribution in [0.1, 0.15) is 18.7 Å². The predicted molar refractivity (Wildman–Crippen MR) is 65.9 cm³/mol. The predicted octanol–water partition coefficient (Wildman–Crippen LogP) is 2.64. The van der Waals surface area contributed by atoms with Crippen molar-refractivity contribution in [3.05, 3.63) is 41.9 Å². The summed E-state index contributed by atoms with van der Waals surface area (Å²) in [6.07, 6.45) is 4.13. The number of aryl methyl sites for hydroxylation is 1. The summed E-state index contributed by atoms with van der Waals surface area (Å²) in [4.78, 5) is 7.15. The zero-order valence-corrected chi connectivity index (χ0v) is 9.92. The number of imidazole rings is 1. The number of aromatic amines is 1. The Morgan fingerprint density at radius 3 is 2.83 bits per heavy atom. The topological polar surface area (TPSA) is 54.7 Å². The van der Waals surface area contributed by atoms with E-state index in [-0.39, 0.29) is 5.56 Å². The molecule has 0 saturated heterocycles. The van der Waals surface area contributed by atoms with E-state index in [9.17, 15) is 8.78 Å². The quantitative estimate of drug-likeness (QED) is 0.803. The molecule has 3 nitrogen and oxygen atoms in total. The largest absolute Gasteiger partial charge is 0.342 e. The highest BCUT2D eigenvalue weighted by Crippen LogP contribution is 2.22. The Bertz CT molecular complexity index is 523. The molecule has 18 heavy (non-hydrogen) atoms. The van der Waals surface area contributed by atoms with Gasteiger partial charge in [0.25, 0.3) is 0 Å². The number of unbranched alkanes of at least 4 members (excludes halogenated alkanes) is 1. The lowest BCUT2D eigenvalue weighted by molar-refractivity contribution is 0.602. The first kappa shape index (κ1) is 12.7. The molecule has 0 fully saturated rings. The van der Waals surface area contributed by atoms with Crippen LogP contribution >= 0.6 is 0 Å². The van der Waals surface area contributed by atoms with E-state index in [1.807, 2.05) is 0 Å². The van der Waals surface area contributed by atoms with E-state index in [2.05, 4.69) is 9.97 Å². The van der Waals surface area contributed by atoms with Crippen LogP contribution in [0.5, 0.6) is 0 Å². The van der Waals surface area contributed by atoms with Gasteiger partial charge in [-0.2, -0.15) is 0 Å². The number of hydrogen-bond donors (Lipinski definition) is 2. The maximum atomic E-state index is 13.5. The van der Waals surface area contributed by atoms with Crippen LogP contribution in [0, 0.1) is 11.6 Å². The van der Waals surface area contributed by atoms with E-state index < -0.39 is 11.6 Å². The van der Waals surface area contributed by atoms with Gasteiger partial charge in [0.2, 0.25) is 0 Å². The van der Waals surface area contributed by atoms with Crippen molar-refractivity contribution in [3.63, 3.8) is 0 Å². The van der Waals surface area contributed by atoms with Crippen molar-refractivity contribution in [1.29, 1.82) is 0 Å². The molecule has 1 heterocycles. The number of nitrogens with zero attached hydrogens (tertiary/aromatic N) is 1. The van der Waals surface area contributed by atoms with Crippen molar-refractivity contribution in [2.24, 2.45) is 5.73 Å². The second kappa shape index (κ2) is 5.73. The van der Waals surface area contributed by atoms with Crippen LogP contribution in [-0.4, -0.2) is 16.5 Å². The Balaban J connectivity index is 2.16. The van der Waals surface area contributed by atoms with Crippen molar-refractivity contribution in [2.75, 3.05) is 6.54 Å². The first-order valence-corrected chi connectivity index (χ1v) is 5.90. The molecule has 1 aromatic carbocycles. The molecule has 0 unspecified atom stereocenters. The summed E-state index contributed by atoms with van der Waals surface area (Å²) in [5.74, 6) is -0.165. The number of halogens is 2. The molecular formula is C13H15F2N3. The van der Waals surface area contributed by atoms with Crippen LogP contribution in [0.25, 0.3) is 11.3 Å². The lowest BCUT2D eigenvalue weighted by Gasteiger charge is -2.00. The summed E-state index contributed by atoms with van der Waals surface area (Å²) in [5, 5.41) is 0. The fourth-order valence-corrected chi connectivity index (χ4v) is 1.77. The minimum atomic E-state index is -0.467. The minimum absolute atomic E-state index is 0.201. The highest BCUT2D eigenvalue weighted by atomic mass is 19.1. The summed E-state index contributed by atoms with van der Waals surface area (Å²) in [7, 11) is 0. The second-order valence-electron chi connectivity index (χ2n) is 4.11. The van der Waals surface area contributed by atoms with Gasteiger partial charge < -0.3 is 10.7 Å². The molecule has 0 amide bonds. The van der Waals surface area contributed by atoms with Gasteiger partial charge in [-0.1, -0.05) is 0 Å². The molecule has 0 atom stereocenters. The van der Waals surface area contributed by atoms with Gasteiger partial charge in [0.15, 0.2) is 0 Å². The van der Waals surface area contributed by atoms with E-state index in [1.165, 1.54) is 6.20 Å². The zero-order valence-electron chi connectivity index (χ0n) is 9.92. The third-order valence-electron chi connectivity index (χ3n) is 2.71. The average Bonchev–Trinajstić information content (AvgIpc) is 2.81. The van der Waals surface area contributed by atoms with Crippen LogP contribution in [0.2, 0.25) is 0 Å². The maximum absolute atomic E-state index is 13.5. The molecule has 0 radical (unpaired) electrons. The average molecular weight is 251 g/mol. The minimum Gasteiger partial charge on any atom is -0.342 e. The van der Waals surface area contributed by atoms with Gasteiger partial charge in [-0.15, -0.1) is 0 Å². The summed E-state index contributed by atoms with van der Waals surface area (Å²) < 4.78 is 26.6. The van der Waals surface area contributed by atoms with Gasteiger partial charge in [-0.25, -0.2) is 13.8 Å². The summed E-state index contributed by atoms with van der Waals surface area (Å²) >= 11 is 0. The molecule has 0 spiro atoms. The van der Waals surface area contributed by atoms with Crippen molar-refractivity contribution >= 4 is 0 Å². The van der Waals surface area contributed by atoms with Gasteiger partial charge in [-0.3, -0.25) is 0 Å². The highest BCUT2D eigenvalue weighted by Gasteiger charge is 2.09. The van der Waals surface area contributed by atoms with Crippen molar-refractivity contribution in [3.8, 4) is 11.3 Å². The number of H-pyrrole nitrogens is 1. The molecule has 0 saturated carbocycles. The molecule has 3 N–H and O–H groups in total. The molecule has 1 aromatic heterocycles. The normalized spacial score (nSPS) is 10.8. The summed E-state index contributed by atoms with van der Waals surface area (Å²) in [5.41, 5.74) is 6.10. The van der Waals surface area contributed by atoms with Gasteiger partial charge in [0.05, 0.1) is 11.9 Å². The van der Waals surface area contributed by atoms with Crippen LogP contribution in [0.3, 0.4) is 0 Å². The van der Waals surface area contributed by atoms with E-state index in [4.69, 9.17) is 5.73 Å². The Labute approximate surface area is 104 Å². The van der Waals surface area contributed by atoms with Gasteiger partial charge >= 0.3 is 0 Å². The zero-order chi connectivity index (χ0) is 13.0. The van der Waals surface area contributed by atoms with Crippen LogP contribution in [0.4, 0.5) is 8.78 Å². The van der Waals surface area contributed by atoms with Crippen molar-refractivity contribution < 1.29 is 8.78 Å². The Hall–Kier alpha value is -1.75. The Morgan fingerprint density at radius 1 is 1.22 bits per heavy atom. The fraction of sp³-hybridized carbons (Fsp3) is 0.308. The number of nitrogens with two attached hydrogens (primary N) is 1. The first-order valence-electron chi connectivity index (χ1n) is 5.90. The third kappa shape index (κ3) is 2.92. The van der Waals surface area contributed by atoms with E-state index in [0.717, 1.165) is 43.3 Å². The van der Waals surface area contributed by atoms with Crippen molar-refractivity contribution in [2.45, 2.75) is 19.3 Å². The number of rotatable bonds is 5. The maximum Gasteiger partial charge on any atom is 0.132 e. The molecule has 0 aliphatic heterocycles. The first-order chi connectivity index (χ1) is 8.70. The SMILES string of the molecule is NCCCCc1ncc(-c2cc(F)ccc2F)[nH]1. The molecule has 0 aliphatic carbocycles. The Kier molecular flexibility index (Phi) is 4.04. The summed E-state index contributed by atoms with van der Waals surface area (Å²) in [6.45, 7) is 0.645. The summed E-state index contributed by atoms with van der Waals surface area (Å²) in [6, 6.07) is 3.36.